The van der Waals surface area contributed by atoms with Crippen LogP contribution in [0.2, 0.25) is 0 Å². The smallest absolute Gasteiger partial charge is 0.305 e. The molecule has 0 radical (unpaired) electrons. The number of ether oxygens (including phenoxy) is 1. The van der Waals surface area contributed by atoms with Gasteiger partial charge in [-0.1, -0.05) is 32.1 Å². The van der Waals surface area contributed by atoms with Crippen LogP contribution in [-0.4, -0.2) is 12.6 Å². The van der Waals surface area contributed by atoms with E-state index in [1.807, 2.05) is 0 Å². The normalized spacial score (nSPS) is 21.1. The first kappa shape index (κ1) is 14.1. The zero-order valence-corrected chi connectivity index (χ0v) is 10.8. The molecule has 2 nitrogen and oxygen atoms in total. The Hall–Kier alpha value is -0.970. The van der Waals surface area contributed by atoms with Crippen molar-refractivity contribution in [3.8, 4) is 11.8 Å². The van der Waals surface area contributed by atoms with E-state index >= 15 is 0 Å². The monoisotopic (exact) mass is 236 g/mol. The molecule has 0 aromatic carbocycles. The molecule has 1 aliphatic heterocycles. The van der Waals surface area contributed by atoms with E-state index in [0.717, 1.165) is 25.7 Å². The number of hydrogen-bond acceptors (Lipinski definition) is 2. The standard InChI is InChI=1S/C15H24O2/c16-15-13-11-9-7-5-3-1-2-4-6-8-10-12-14-17-15/h1-4,6,8-14H2. The van der Waals surface area contributed by atoms with Gasteiger partial charge in [-0.05, 0) is 19.3 Å². The van der Waals surface area contributed by atoms with Crippen molar-refractivity contribution in [2.45, 2.75) is 70.6 Å². The van der Waals surface area contributed by atoms with E-state index in [9.17, 15) is 4.79 Å². The lowest BCUT2D eigenvalue weighted by atomic mass is 10.1. The largest absolute Gasteiger partial charge is 0.466 e. The second-order valence-corrected chi connectivity index (χ2v) is 4.65. The van der Waals surface area contributed by atoms with Crippen molar-refractivity contribution in [1.29, 1.82) is 0 Å². The Morgan fingerprint density at radius 3 is 2.12 bits per heavy atom. The van der Waals surface area contributed by atoms with Crippen LogP contribution < -0.4 is 0 Å². The minimum absolute atomic E-state index is 0.0566. The van der Waals surface area contributed by atoms with Gasteiger partial charge in [0.05, 0.1) is 6.61 Å². The predicted molar refractivity (Wildman–Crippen MR) is 69.5 cm³/mol. The van der Waals surface area contributed by atoms with Gasteiger partial charge in [-0.15, -0.1) is 11.8 Å². The summed E-state index contributed by atoms with van der Waals surface area (Å²) in [5, 5.41) is 0. The maximum absolute atomic E-state index is 11.3. The third-order valence-corrected chi connectivity index (χ3v) is 3.02. The Balaban J connectivity index is 2.21. The van der Waals surface area contributed by atoms with Crippen molar-refractivity contribution < 1.29 is 9.53 Å². The lowest BCUT2D eigenvalue weighted by Crippen LogP contribution is -2.05. The third kappa shape index (κ3) is 8.80. The Morgan fingerprint density at radius 2 is 1.35 bits per heavy atom. The first-order valence-electron chi connectivity index (χ1n) is 7.01. The summed E-state index contributed by atoms with van der Waals surface area (Å²) in [5.41, 5.74) is 0. The quantitative estimate of drug-likeness (QED) is 0.472. The van der Waals surface area contributed by atoms with E-state index in [1.54, 1.807) is 0 Å². The van der Waals surface area contributed by atoms with Crippen LogP contribution in [0.3, 0.4) is 0 Å². The van der Waals surface area contributed by atoms with Gasteiger partial charge in [0.15, 0.2) is 0 Å². The van der Waals surface area contributed by atoms with Gasteiger partial charge in [-0.25, -0.2) is 0 Å². The van der Waals surface area contributed by atoms with Crippen LogP contribution in [0.1, 0.15) is 70.6 Å². The highest BCUT2D eigenvalue weighted by Crippen LogP contribution is 2.09. The average Bonchev–Trinajstić information content (AvgIpc) is 2.32. The molecule has 0 saturated heterocycles. The average molecular weight is 236 g/mol. The maximum atomic E-state index is 11.3. The van der Waals surface area contributed by atoms with Crippen LogP contribution in [0.5, 0.6) is 0 Å². The van der Waals surface area contributed by atoms with E-state index in [-0.39, 0.29) is 5.97 Å². The van der Waals surface area contributed by atoms with Crippen LogP contribution in [0.25, 0.3) is 0 Å². The summed E-state index contributed by atoms with van der Waals surface area (Å²) < 4.78 is 5.16. The molecule has 0 N–H and O–H groups in total. The SMILES string of the molecule is O=C1CCCC#CCCCCCCCCCO1. The van der Waals surface area contributed by atoms with Gasteiger partial charge in [0.1, 0.15) is 0 Å². The predicted octanol–water partition coefficient (Wildman–Crippen LogP) is 3.84. The molecule has 0 atom stereocenters. The van der Waals surface area contributed by atoms with Crippen molar-refractivity contribution in [3.05, 3.63) is 0 Å². The van der Waals surface area contributed by atoms with Crippen molar-refractivity contribution in [1.82, 2.24) is 0 Å². The topological polar surface area (TPSA) is 26.3 Å². The Morgan fingerprint density at radius 1 is 0.765 bits per heavy atom. The van der Waals surface area contributed by atoms with E-state index < -0.39 is 0 Å². The highest BCUT2D eigenvalue weighted by Gasteiger charge is 2.01. The minimum Gasteiger partial charge on any atom is -0.466 e. The van der Waals surface area contributed by atoms with E-state index in [1.165, 1.54) is 38.5 Å². The summed E-state index contributed by atoms with van der Waals surface area (Å²) in [4.78, 5) is 11.3. The molecule has 0 spiro atoms. The minimum atomic E-state index is -0.0566. The zero-order valence-electron chi connectivity index (χ0n) is 10.8. The van der Waals surface area contributed by atoms with E-state index in [0.29, 0.717) is 13.0 Å². The summed E-state index contributed by atoms with van der Waals surface area (Å²) in [6, 6.07) is 0. The lowest BCUT2D eigenvalue weighted by Gasteiger charge is -2.04. The first-order valence-corrected chi connectivity index (χ1v) is 7.01. The van der Waals surface area contributed by atoms with Crippen molar-refractivity contribution in [3.63, 3.8) is 0 Å². The van der Waals surface area contributed by atoms with Crippen LogP contribution in [0.15, 0.2) is 0 Å². The number of hydrogen-bond donors (Lipinski definition) is 0. The molecular weight excluding hydrogens is 212 g/mol. The molecular formula is C15H24O2. The van der Waals surface area contributed by atoms with Gasteiger partial charge in [0.2, 0.25) is 0 Å². The number of cyclic esters (lactones) is 1. The molecule has 0 fully saturated rings. The molecule has 1 rings (SSSR count). The van der Waals surface area contributed by atoms with E-state index in [4.69, 9.17) is 4.74 Å². The van der Waals surface area contributed by atoms with Crippen LogP contribution in [0, 0.1) is 11.8 Å². The zero-order chi connectivity index (χ0) is 12.2. The summed E-state index contributed by atoms with van der Waals surface area (Å²) in [6.45, 7) is 0.602. The van der Waals surface area contributed by atoms with Crippen LogP contribution in [0.4, 0.5) is 0 Å². The molecule has 1 aliphatic rings. The highest BCUT2D eigenvalue weighted by atomic mass is 16.5. The molecule has 1 heterocycles. The molecule has 0 aromatic heterocycles. The van der Waals surface area contributed by atoms with Gasteiger partial charge in [0, 0.05) is 19.3 Å². The number of esters is 1. The van der Waals surface area contributed by atoms with Gasteiger partial charge >= 0.3 is 5.97 Å². The highest BCUT2D eigenvalue weighted by molar-refractivity contribution is 5.69. The van der Waals surface area contributed by atoms with E-state index in [2.05, 4.69) is 11.8 Å². The van der Waals surface area contributed by atoms with Gasteiger partial charge in [-0.2, -0.15) is 0 Å². The summed E-state index contributed by atoms with van der Waals surface area (Å²) in [6.07, 6.45) is 11.9. The summed E-state index contributed by atoms with van der Waals surface area (Å²) in [7, 11) is 0. The van der Waals surface area contributed by atoms with Gasteiger partial charge in [-0.3, -0.25) is 4.79 Å². The fourth-order valence-corrected chi connectivity index (χ4v) is 1.96. The van der Waals surface area contributed by atoms with Crippen molar-refractivity contribution >= 4 is 5.97 Å². The van der Waals surface area contributed by atoms with Crippen molar-refractivity contribution in [2.75, 3.05) is 6.61 Å². The van der Waals surface area contributed by atoms with Crippen molar-refractivity contribution in [2.24, 2.45) is 0 Å². The number of carbonyl (C=O) groups is 1. The first-order chi connectivity index (χ1) is 8.39. The maximum Gasteiger partial charge on any atom is 0.305 e. The molecule has 17 heavy (non-hydrogen) atoms. The lowest BCUT2D eigenvalue weighted by molar-refractivity contribution is -0.143. The summed E-state index contributed by atoms with van der Waals surface area (Å²) >= 11 is 0. The number of rotatable bonds is 0. The Kier molecular flexibility index (Phi) is 8.46. The van der Waals surface area contributed by atoms with Crippen LogP contribution >= 0.6 is 0 Å². The fourth-order valence-electron chi connectivity index (χ4n) is 1.96. The van der Waals surface area contributed by atoms with Crippen LogP contribution in [-0.2, 0) is 9.53 Å². The Labute approximate surface area is 105 Å². The van der Waals surface area contributed by atoms with Gasteiger partial charge in [0.25, 0.3) is 0 Å². The molecule has 0 aliphatic carbocycles. The molecule has 0 saturated carbocycles. The summed E-state index contributed by atoms with van der Waals surface area (Å²) in [5.74, 6) is 6.25. The molecule has 0 amide bonds. The molecule has 0 aromatic rings. The molecule has 2 heteroatoms. The fraction of sp³-hybridized carbons (Fsp3) is 0.800. The van der Waals surface area contributed by atoms with Gasteiger partial charge < -0.3 is 4.74 Å². The second kappa shape index (κ2) is 10.2. The number of carbonyl (C=O) groups excluding carboxylic acids is 1. The molecule has 96 valence electrons. The Bertz CT molecular complexity index is 260. The molecule has 0 unspecified atom stereocenters. The second-order valence-electron chi connectivity index (χ2n) is 4.65. The third-order valence-electron chi connectivity index (χ3n) is 3.02. The molecule has 0 bridgehead atoms.